The second-order valence-electron chi connectivity index (χ2n) is 26.0. The molecule has 0 saturated carbocycles. The molecule has 0 radical (unpaired) electrons. The van der Waals surface area contributed by atoms with Gasteiger partial charge in [-0.25, -0.2) is 0 Å². The molecule has 0 heterocycles. The number of benzene rings is 14. The minimum Gasteiger partial charge on any atom is -0.374 e. The molecule has 0 aliphatic heterocycles. The molecule has 0 amide bonds. The maximum atomic E-state index is 9.15. The van der Waals surface area contributed by atoms with E-state index < -0.39 is 89.7 Å². The summed E-state index contributed by atoms with van der Waals surface area (Å²) in [4.78, 5) is 108. The van der Waals surface area contributed by atoms with Crippen molar-refractivity contribution in [3.05, 3.63) is 425 Å². The van der Waals surface area contributed by atoms with E-state index in [2.05, 4.69) is 353 Å². The Morgan fingerprint density at radius 2 is 0.174 bits per heavy atom. The van der Waals surface area contributed by atoms with Crippen molar-refractivity contribution < 1.29 is 771 Å². The topological polar surface area (TPSA) is 369 Å². The smallest absolute Gasteiger partial charge is 0.374 e. The van der Waals surface area contributed by atoms with Gasteiger partial charge in [0.1, 0.15) is 0 Å². The van der Waals surface area contributed by atoms with Crippen LogP contribution in [0.1, 0.15) is 0 Å². The van der Waals surface area contributed by atoms with Gasteiger partial charge in [0.15, 0.2) is 58.5 Å². The fourth-order valence-electron chi connectivity index (χ4n) is 8.83. The Morgan fingerprint density at radius 3 is 0.201 bits per heavy atom. The van der Waals surface area contributed by atoms with Crippen molar-refractivity contribution in [2.75, 3.05) is 107 Å². The van der Waals surface area contributed by atoms with E-state index in [1.165, 1.54) is 131 Å². The molecule has 19 nitrogen and oxygen atoms in total. The Bertz CT molecular complexity index is 3790. The van der Waals surface area contributed by atoms with Gasteiger partial charge in [-0.1, -0.05) is 425 Å². The van der Waals surface area contributed by atoms with Crippen LogP contribution < -0.4 is 0 Å². The van der Waals surface area contributed by atoms with Gasteiger partial charge in [-0.05, 0) is 154 Å². The number of hydrogen-bond acceptors (Lipinski definition) is 14. The summed E-state index contributed by atoms with van der Waals surface area (Å²) in [5.41, 5.74) is 17.9. The zero-order valence-corrected chi connectivity index (χ0v) is 107. The van der Waals surface area contributed by atoms with Crippen molar-refractivity contribution in [2.24, 2.45) is 0 Å². The Balaban J connectivity index is -0.0000000543. The fourth-order valence-corrected chi connectivity index (χ4v) is 8.83. The average Bonchev–Trinajstić information content (AvgIpc) is 0.925. The van der Waals surface area contributed by atoms with Crippen LogP contribution in [0.5, 0.6) is 0 Å². The van der Waals surface area contributed by atoms with Gasteiger partial charge < -0.3 is 44.0 Å². The monoisotopic (exact) mass is 2730 g/mol. The summed E-state index contributed by atoms with van der Waals surface area (Å²) in [7, 11) is -15.0. The van der Waals surface area contributed by atoms with Crippen molar-refractivity contribution in [1.82, 2.24) is 0 Å². The first kappa shape index (κ1) is 219. The largest absolute Gasteiger partial charge is 0.502 e. The van der Waals surface area contributed by atoms with Gasteiger partial charge in [0, 0.05) is 724 Å². The molecule has 14 aromatic rings. The molecule has 0 fully saturated rings. The van der Waals surface area contributed by atoms with E-state index >= 15 is 0 Å². The molecule has 14 N–H and O–H groups in total. The fraction of sp³-hybridized carbons (Fsp3) is 0.160. The summed E-state index contributed by atoms with van der Waals surface area (Å²) in [6.45, 7) is 25.2. The molecular formula is C100H133Ar18O19P12+5. The molecule has 14 rings (SSSR count). The SMILES string of the molecule is CP(C)O.CP(C)O.CP(C)O.CP(O)O.CP(O)O.CP(O)O.CPC.C[P+](=O)O.C[P+](=O)O.C[P+](=O)O.C[P+](=O)O.C[P+](=O)O.[Ar].[Ar].[Ar].[Ar].[Ar].[Ar].[Ar].[Ar].[Ar].[Ar].[Ar].[Ar].[Ar].[Ar].[Ar].[Ar].[Ar].[Ar].c1ccc(-c2ccccc2)cc1.c1ccc(-c2ccccc2)cc1.c1ccc(-c2ccccc2)cc1.c1ccc(-c2ccccc2)cc1.c1ccc(-c2ccccc2)cc1.c1ccc(-c2ccccc2)cc1.c1ccc(-c2ccccc2)cc1. The molecule has 0 saturated heterocycles. The van der Waals surface area contributed by atoms with Crippen LogP contribution in [0.15, 0.2) is 425 Å². The molecule has 5 unspecified atom stereocenters. The summed E-state index contributed by atoms with van der Waals surface area (Å²) in [6.07, 6.45) is 0. The van der Waals surface area contributed by atoms with Gasteiger partial charge in [0.05, 0.1) is 0 Å². The van der Waals surface area contributed by atoms with Crippen molar-refractivity contribution in [2.45, 2.75) is 0 Å². The van der Waals surface area contributed by atoms with E-state index in [-0.39, 0.29) is 679 Å². The molecule has 0 aliphatic rings. The Morgan fingerprint density at radius 1 is 0.148 bits per heavy atom. The molecule has 5 atom stereocenters. The van der Waals surface area contributed by atoms with E-state index in [1.807, 2.05) is 84.9 Å². The van der Waals surface area contributed by atoms with Gasteiger partial charge in [0.2, 0.25) is 0 Å². The zero-order chi connectivity index (χ0) is 99.6. The van der Waals surface area contributed by atoms with Crippen LogP contribution in [0.3, 0.4) is 0 Å². The van der Waals surface area contributed by atoms with Gasteiger partial charge in [0.25, 0.3) is 0 Å². The van der Waals surface area contributed by atoms with Crippen molar-refractivity contribution in [1.29, 1.82) is 0 Å². The van der Waals surface area contributed by atoms with Crippen LogP contribution in [0.4, 0.5) is 0 Å². The van der Waals surface area contributed by atoms with Crippen molar-refractivity contribution in [3.8, 4) is 77.9 Å². The quantitative estimate of drug-likeness (QED) is 0.0659. The normalized spacial score (nSPS) is 8.50. The molecule has 49 heteroatoms. The van der Waals surface area contributed by atoms with Crippen LogP contribution in [0, 0.1) is 679 Å². The minimum atomic E-state index is -1.87. The third-order valence-corrected chi connectivity index (χ3v) is 13.2. The van der Waals surface area contributed by atoms with E-state index in [1.54, 1.807) is 40.0 Å². The van der Waals surface area contributed by atoms with Crippen LogP contribution in [-0.2, 0) is 22.8 Å². The zero-order valence-electron chi connectivity index (χ0n) is 83.5. The third kappa shape index (κ3) is 176. The molecule has 846 valence electrons. The van der Waals surface area contributed by atoms with Crippen molar-refractivity contribution in [3.63, 3.8) is 0 Å². The second-order valence-corrected chi connectivity index (χ2v) is 39.6. The van der Waals surface area contributed by atoms with E-state index in [4.69, 9.17) is 91.3 Å². The van der Waals surface area contributed by atoms with Crippen LogP contribution in [-0.4, -0.2) is 175 Å². The van der Waals surface area contributed by atoms with Gasteiger partial charge >= 0.3 is 40.1 Å². The average molecular weight is 2730 g/mol. The summed E-state index contributed by atoms with van der Waals surface area (Å²) >= 11 is 0. The first-order valence-electron chi connectivity index (χ1n) is 39.5. The van der Waals surface area contributed by atoms with E-state index in [9.17, 15) is 0 Å². The van der Waals surface area contributed by atoms with Gasteiger partial charge in [-0.15, -0.1) is 8.58 Å². The first-order valence-corrected chi connectivity index (χ1v) is 61.4. The molecule has 14 aromatic carbocycles. The minimum absolute atomic E-state index is 0. The predicted molar refractivity (Wildman–Crippen MR) is 577 cm³/mol. The van der Waals surface area contributed by atoms with Crippen LogP contribution >= 0.6 is 98.3 Å². The maximum Gasteiger partial charge on any atom is 0.502 e. The van der Waals surface area contributed by atoms with Crippen LogP contribution in [0.25, 0.3) is 77.9 Å². The van der Waals surface area contributed by atoms with Gasteiger partial charge in [-0.3, -0.25) is 0 Å². The predicted octanol–water partition coefficient (Wildman–Crippen LogP) is 27.8. The molecule has 0 aliphatic carbocycles. The second kappa shape index (κ2) is 165. The Labute approximate surface area is 1440 Å². The Hall–Kier alpha value is 14.7. The van der Waals surface area contributed by atoms with Crippen LogP contribution in [0.2, 0.25) is 0 Å². The van der Waals surface area contributed by atoms with Crippen molar-refractivity contribution >= 4 is 98.3 Å². The summed E-state index contributed by atoms with van der Waals surface area (Å²) in [5, 5.41) is 0. The standard InChI is InChI=1S/7C12H10.3C2H7OP.C2H7P.3CH5O2P.5CH3O2P.18Ar/c7*1-3-7-11(8-4-1)12-9-5-2-6-10-12;3*1-4(2)3;1-3-2;8*1-4(2)3;;;;;;;;;;;;;;;;;;/h7*1-10H;3*3H,1-2H3;3H,1-2H3;3*2-3H,1H3;5*1H3;;;;;;;;;;;;;;;;;;/p+5. The molecule has 0 aromatic heterocycles. The molecule has 0 spiro atoms. The molecule has 149 heavy (non-hydrogen) atoms. The number of hydrogen-bond donors (Lipinski definition) is 14. The van der Waals surface area contributed by atoms with Gasteiger partial charge in [-0.2, -0.15) is 24.5 Å². The third-order valence-electron chi connectivity index (χ3n) is 13.2. The summed E-state index contributed by atoms with van der Waals surface area (Å²) in [6, 6.07) is 145. The first-order chi connectivity index (χ1) is 62.2. The Kier molecular flexibility index (Phi) is 242. The number of rotatable bonds is 7. The molecule has 0 bridgehead atoms. The summed E-state index contributed by atoms with van der Waals surface area (Å²) in [5.74, 6) is 0. The molecular weight excluding hydrogens is 2600 g/mol. The summed E-state index contributed by atoms with van der Waals surface area (Å²) < 4.78 is 45.7. The maximum absolute atomic E-state index is 9.15. The van der Waals surface area contributed by atoms with E-state index in [0.717, 1.165) is 8.58 Å². The van der Waals surface area contributed by atoms with E-state index in [0.29, 0.717) is 0 Å².